The van der Waals surface area contributed by atoms with Gasteiger partial charge in [0.1, 0.15) is 13.2 Å². The fraction of sp³-hybridized carbons (Fsp3) is 0.429. The Hall–Kier alpha value is -2.17. The summed E-state index contributed by atoms with van der Waals surface area (Å²) in [7, 11) is 0. The molecule has 2 aromatic heterocycles. The van der Waals surface area contributed by atoms with Gasteiger partial charge in [-0.3, -0.25) is 0 Å². The van der Waals surface area contributed by atoms with Gasteiger partial charge in [-0.15, -0.1) is 0 Å². The molecule has 2 heterocycles. The predicted octanol–water partition coefficient (Wildman–Crippen LogP) is 0.781. The number of nitrogens with zero attached hydrogens (tertiary/aromatic N) is 4. The fourth-order valence-corrected chi connectivity index (χ4v) is 1.01. The lowest BCUT2D eigenvalue weighted by Gasteiger charge is -2.04. The summed E-state index contributed by atoms with van der Waals surface area (Å²) < 4.78 is 48.8. The van der Waals surface area contributed by atoms with Crippen LogP contribution < -0.4 is 5.73 Å². The third-order valence-electron chi connectivity index (χ3n) is 1.68. The van der Waals surface area contributed by atoms with Crippen LogP contribution >= 0.6 is 0 Å². The number of nitrogen functional groups attached to an aromatic ring is 1. The summed E-state index contributed by atoms with van der Waals surface area (Å²) in [6.45, 7) is -1.85. The highest BCUT2D eigenvalue weighted by atomic mass is 19.4. The normalized spacial score (nSPS) is 11.9. The molecule has 8 nitrogen and oxygen atoms in total. The standard InChI is InChI=1S/C7H6F3N5O3/c8-7(9,10)2-16-1-3-12-6(17-13-3)4-5(11)15-18-14-4/h1-2H2,(H2,11,15). The lowest BCUT2D eigenvalue weighted by molar-refractivity contribution is -0.177. The Balaban J connectivity index is 1.97. The molecule has 2 aromatic rings. The van der Waals surface area contributed by atoms with Gasteiger partial charge < -0.3 is 15.0 Å². The van der Waals surface area contributed by atoms with Crippen molar-refractivity contribution < 1.29 is 27.1 Å². The van der Waals surface area contributed by atoms with Crippen LogP contribution in [0.25, 0.3) is 11.6 Å². The minimum Gasteiger partial charge on any atom is -0.379 e. The summed E-state index contributed by atoms with van der Waals surface area (Å²) in [5, 5.41) is 10.1. The van der Waals surface area contributed by atoms with Crippen LogP contribution in [-0.4, -0.2) is 33.2 Å². The van der Waals surface area contributed by atoms with Crippen LogP contribution in [0.3, 0.4) is 0 Å². The molecule has 0 aliphatic heterocycles. The van der Waals surface area contributed by atoms with E-state index in [0.717, 1.165) is 0 Å². The lowest BCUT2D eigenvalue weighted by Crippen LogP contribution is -2.16. The minimum atomic E-state index is -4.41. The topological polar surface area (TPSA) is 113 Å². The third-order valence-corrected chi connectivity index (χ3v) is 1.68. The van der Waals surface area contributed by atoms with Crippen molar-refractivity contribution in [3.63, 3.8) is 0 Å². The number of anilines is 1. The second kappa shape index (κ2) is 4.60. The number of aromatic nitrogens is 4. The Morgan fingerprint density at radius 2 is 2.00 bits per heavy atom. The molecule has 0 radical (unpaired) electrons. The zero-order valence-electron chi connectivity index (χ0n) is 8.64. The number of nitrogens with two attached hydrogens (primary N) is 1. The monoisotopic (exact) mass is 265 g/mol. The highest BCUT2D eigenvalue weighted by Crippen LogP contribution is 2.20. The summed E-state index contributed by atoms with van der Waals surface area (Å²) in [5.74, 6) is -0.252. The smallest absolute Gasteiger partial charge is 0.379 e. The van der Waals surface area contributed by atoms with E-state index in [1.54, 1.807) is 0 Å². The molecule has 0 unspecified atom stereocenters. The van der Waals surface area contributed by atoms with Gasteiger partial charge in [0.25, 0.3) is 5.89 Å². The molecule has 0 saturated heterocycles. The number of halogens is 3. The van der Waals surface area contributed by atoms with Gasteiger partial charge in [0, 0.05) is 0 Å². The summed E-state index contributed by atoms with van der Waals surface area (Å²) in [6.07, 6.45) is -4.41. The second-order valence-electron chi connectivity index (χ2n) is 3.12. The summed E-state index contributed by atoms with van der Waals surface area (Å²) in [4.78, 5) is 3.72. The van der Waals surface area contributed by atoms with Gasteiger partial charge in [-0.1, -0.05) is 5.16 Å². The first-order chi connectivity index (χ1) is 8.46. The Bertz CT molecular complexity index is 522. The van der Waals surface area contributed by atoms with Gasteiger partial charge in [0.15, 0.2) is 5.82 Å². The molecule has 0 aromatic carbocycles. The van der Waals surface area contributed by atoms with E-state index in [-0.39, 0.29) is 23.2 Å². The fourth-order valence-electron chi connectivity index (χ4n) is 1.01. The molecule has 11 heteroatoms. The van der Waals surface area contributed by atoms with E-state index in [1.807, 2.05) is 0 Å². The van der Waals surface area contributed by atoms with E-state index >= 15 is 0 Å². The Morgan fingerprint density at radius 1 is 1.22 bits per heavy atom. The van der Waals surface area contributed by atoms with Crippen LogP contribution in [0.2, 0.25) is 0 Å². The average Bonchev–Trinajstić information content (AvgIpc) is 2.84. The second-order valence-corrected chi connectivity index (χ2v) is 3.12. The number of ether oxygens (including phenoxy) is 1. The van der Waals surface area contributed by atoms with E-state index in [2.05, 4.69) is 29.8 Å². The van der Waals surface area contributed by atoms with Gasteiger partial charge in [-0.25, -0.2) is 4.63 Å². The predicted molar refractivity (Wildman–Crippen MR) is 47.7 cm³/mol. The molecule has 98 valence electrons. The molecule has 2 rings (SSSR count). The summed E-state index contributed by atoms with van der Waals surface area (Å²) in [5.41, 5.74) is 5.38. The van der Waals surface area contributed by atoms with E-state index in [9.17, 15) is 13.2 Å². The molecule has 0 spiro atoms. The van der Waals surface area contributed by atoms with Crippen molar-refractivity contribution in [3.8, 4) is 11.6 Å². The first-order valence-electron chi connectivity index (χ1n) is 4.51. The van der Waals surface area contributed by atoms with E-state index in [4.69, 9.17) is 10.3 Å². The minimum absolute atomic E-state index is 0.0181. The summed E-state index contributed by atoms with van der Waals surface area (Å²) in [6, 6.07) is 0. The highest BCUT2D eigenvalue weighted by Gasteiger charge is 2.27. The van der Waals surface area contributed by atoms with Crippen LogP contribution in [0.15, 0.2) is 9.15 Å². The van der Waals surface area contributed by atoms with Gasteiger partial charge in [-0.05, 0) is 10.3 Å². The van der Waals surface area contributed by atoms with Gasteiger partial charge >= 0.3 is 6.18 Å². The van der Waals surface area contributed by atoms with Crippen LogP contribution in [0.1, 0.15) is 5.82 Å². The van der Waals surface area contributed by atoms with Crippen molar-refractivity contribution in [2.24, 2.45) is 0 Å². The molecule has 0 aliphatic rings. The summed E-state index contributed by atoms with van der Waals surface area (Å²) >= 11 is 0. The Labute approximate surface area is 96.9 Å². The van der Waals surface area contributed by atoms with E-state index in [1.165, 1.54) is 0 Å². The number of alkyl halides is 3. The maximum atomic E-state index is 11.8. The lowest BCUT2D eigenvalue weighted by atomic mass is 10.4. The van der Waals surface area contributed by atoms with E-state index in [0.29, 0.717) is 0 Å². The van der Waals surface area contributed by atoms with Gasteiger partial charge in [0.2, 0.25) is 11.5 Å². The van der Waals surface area contributed by atoms with E-state index < -0.39 is 19.4 Å². The van der Waals surface area contributed by atoms with Crippen molar-refractivity contribution in [1.29, 1.82) is 0 Å². The molecule has 18 heavy (non-hydrogen) atoms. The Kier molecular flexibility index (Phi) is 3.14. The van der Waals surface area contributed by atoms with Gasteiger partial charge in [-0.2, -0.15) is 18.2 Å². The largest absolute Gasteiger partial charge is 0.411 e. The molecule has 0 aliphatic carbocycles. The van der Waals surface area contributed by atoms with Crippen molar-refractivity contribution in [2.75, 3.05) is 12.3 Å². The van der Waals surface area contributed by atoms with Crippen molar-refractivity contribution in [2.45, 2.75) is 12.8 Å². The van der Waals surface area contributed by atoms with Crippen molar-refractivity contribution >= 4 is 5.82 Å². The van der Waals surface area contributed by atoms with Crippen LogP contribution in [0, 0.1) is 0 Å². The Morgan fingerprint density at radius 3 is 2.61 bits per heavy atom. The molecule has 0 amide bonds. The molecule has 2 N–H and O–H groups in total. The first kappa shape index (κ1) is 12.3. The van der Waals surface area contributed by atoms with Crippen molar-refractivity contribution in [1.82, 2.24) is 20.5 Å². The average molecular weight is 265 g/mol. The highest BCUT2D eigenvalue weighted by molar-refractivity contribution is 5.60. The molecule has 0 saturated carbocycles. The van der Waals surface area contributed by atoms with Gasteiger partial charge in [0.05, 0.1) is 0 Å². The zero-order valence-corrected chi connectivity index (χ0v) is 8.64. The zero-order chi connectivity index (χ0) is 13.2. The number of hydrogen-bond donors (Lipinski definition) is 1. The number of hydrogen-bond acceptors (Lipinski definition) is 8. The molecule has 0 atom stereocenters. The molecule has 0 bridgehead atoms. The van der Waals surface area contributed by atoms with Crippen LogP contribution in [0.5, 0.6) is 0 Å². The maximum Gasteiger partial charge on any atom is 0.411 e. The SMILES string of the molecule is Nc1nonc1-c1nc(COCC(F)(F)F)no1. The maximum absolute atomic E-state index is 11.8. The first-order valence-corrected chi connectivity index (χ1v) is 4.51. The molecular weight excluding hydrogens is 259 g/mol. The molecule has 0 fully saturated rings. The van der Waals surface area contributed by atoms with Crippen LogP contribution in [-0.2, 0) is 11.3 Å². The van der Waals surface area contributed by atoms with Crippen LogP contribution in [0.4, 0.5) is 19.0 Å². The third kappa shape index (κ3) is 2.94. The quantitative estimate of drug-likeness (QED) is 0.862. The van der Waals surface area contributed by atoms with Crippen molar-refractivity contribution in [3.05, 3.63) is 5.82 Å². The molecular formula is C7H6F3N5O3. The number of rotatable bonds is 4.